The van der Waals surface area contributed by atoms with Crippen LogP contribution in [0, 0.1) is 0 Å². The van der Waals surface area contributed by atoms with Crippen molar-refractivity contribution in [2.75, 3.05) is 11.9 Å². The molecule has 9 nitrogen and oxygen atoms in total. The number of nitrogens with one attached hydrogen (secondary N) is 2. The van der Waals surface area contributed by atoms with Gasteiger partial charge in [-0.15, -0.1) is 0 Å². The molecule has 1 aliphatic heterocycles. The van der Waals surface area contributed by atoms with Crippen LogP contribution in [-0.4, -0.2) is 50.4 Å². The van der Waals surface area contributed by atoms with Gasteiger partial charge in [0.05, 0.1) is 0 Å². The zero-order valence-corrected chi connectivity index (χ0v) is 10.4. The molecule has 3 amide bonds. The summed E-state index contributed by atoms with van der Waals surface area (Å²) in [6, 6.07) is 1.17. The first-order valence-corrected chi connectivity index (χ1v) is 5.89. The van der Waals surface area contributed by atoms with Crippen molar-refractivity contribution in [3.8, 4) is 0 Å². The summed E-state index contributed by atoms with van der Waals surface area (Å²) in [6.07, 6.45) is 0.302. The number of amides is 3. The molecule has 0 bridgehead atoms. The lowest BCUT2D eigenvalue weighted by Gasteiger charge is -2.12. The SMILES string of the molecule is O=C(CCN1C(=O)CCC1=O)Nc1cc(C(=O)O)[nH]n1. The summed E-state index contributed by atoms with van der Waals surface area (Å²) in [5, 5.41) is 16.9. The van der Waals surface area contributed by atoms with E-state index < -0.39 is 11.9 Å². The van der Waals surface area contributed by atoms with Gasteiger partial charge in [-0.3, -0.25) is 24.4 Å². The van der Waals surface area contributed by atoms with Crippen LogP contribution in [0.15, 0.2) is 6.07 Å². The molecule has 0 aromatic carbocycles. The molecule has 1 saturated heterocycles. The molecule has 0 unspecified atom stereocenters. The fraction of sp³-hybridized carbons (Fsp3) is 0.364. The van der Waals surface area contributed by atoms with Gasteiger partial charge in [0.25, 0.3) is 0 Å². The monoisotopic (exact) mass is 280 g/mol. The van der Waals surface area contributed by atoms with Crippen molar-refractivity contribution in [1.82, 2.24) is 15.1 Å². The van der Waals surface area contributed by atoms with Crippen LogP contribution >= 0.6 is 0 Å². The van der Waals surface area contributed by atoms with Crippen molar-refractivity contribution in [3.05, 3.63) is 11.8 Å². The standard InChI is InChI=1S/C11H12N4O5/c16-8(3-4-15-9(17)1-2-10(15)18)12-7-5-6(11(19)20)13-14-7/h5H,1-4H2,(H,19,20)(H2,12,13,14,16). The zero-order valence-electron chi connectivity index (χ0n) is 10.4. The maximum absolute atomic E-state index is 11.6. The summed E-state index contributed by atoms with van der Waals surface area (Å²) < 4.78 is 0. The van der Waals surface area contributed by atoms with Crippen molar-refractivity contribution in [2.45, 2.75) is 19.3 Å². The van der Waals surface area contributed by atoms with Crippen molar-refractivity contribution in [3.63, 3.8) is 0 Å². The van der Waals surface area contributed by atoms with E-state index in [1.165, 1.54) is 6.07 Å². The predicted octanol–water partition coefficient (Wildman–Crippen LogP) is -0.415. The highest BCUT2D eigenvalue weighted by Crippen LogP contribution is 2.12. The summed E-state index contributed by atoms with van der Waals surface area (Å²) in [4.78, 5) is 45.9. The average molecular weight is 280 g/mol. The third-order valence-corrected chi connectivity index (χ3v) is 2.79. The van der Waals surface area contributed by atoms with Gasteiger partial charge in [-0.25, -0.2) is 4.79 Å². The van der Waals surface area contributed by atoms with E-state index in [1.54, 1.807) is 0 Å². The molecule has 0 spiro atoms. The van der Waals surface area contributed by atoms with Crippen LogP contribution in [0.2, 0.25) is 0 Å². The normalized spacial score (nSPS) is 14.7. The Morgan fingerprint density at radius 3 is 2.55 bits per heavy atom. The number of aromatic carboxylic acids is 1. The number of imide groups is 1. The molecule has 2 rings (SSSR count). The van der Waals surface area contributed by atoms with E-state index in [9.17, 15) is 19.2 Å². The Morgan fingerprint density at radius 2 is 2.00 bits per heavy atom. The number of likely N-dealkylation sites (tertiary alicyclic amines) is 1. The lowest BCUT2D eigenvalue weighted by Crippen LogP contribution is -2.32. The van der Waals surface area contributed by atoms with E-state index >= 15 is 0 Å². The molecule has 3 N–H and O–H groups in total. The second-order valence-corrected chi connectivity index (χ2v) is 4.21. The van der Waals surface area contributed by atoms with Gasteiger partial charge < -0.3 is 10.4 Å². The smallest absolute Gasteiger partial charge is 0.353 e. The van der Waals surface area contributed by atoms with Gasteiger partial charge in [-0.1, -0.05) is 0 Å². The number of carbonyl (C=O) groups excluding carboxylic acids is 3. The van der Waals surface area contributed by atoms with E-state index in [0.717, 1.165) is 4.90 Å². The lowest BCUT2D eigenvalue weighted by molar-refractivity contribution is -0.138. The van der Waals surface area contributed by atoms with Gasteiger partial charge in [-0.2, -0.15) is 5.10 Å². The first kappa shape index (κ1) is 13.7. The fourth-order valence-electron chi connectivity index (χ4n) is 1.79. The second kappa shape index (κ2) is 5.51. The Kier molecular flexibility index (Phi) is 3.78. The minimum absolute atomic E-state index is 0.0136. The number of aromatic amines is 1. The van der Waals surface area contributed by atoms with Crippen LogP contribution in [0.1, 0.15) is 29.8 Å². The molecule has 1 aromatic rings. The van der Waals surface area contributed by atoms with E-state index in [4.69, 9.17) is 5.11 Å². The Bertz CT molecular complexity index is 563. The lowest BCUT2D eigenvalue weighted by atomic mass is 10.3. The van der Waals surface area contributed by atoms with E-state index in [-0.39, 0.29) is 49.1 Å². The molecule has 1 aliphatic rings. The maximum Gasteiger partial charge on any atom is 0.353 e. The first-order chi connectivity index (χ1) is 9.47. The van der Waals surface area contributed by atoms with Crippen molar-refractivity contribution < 1.29 is 24.3 Å². The molecule has 1 aromatic heterocycles. The Hall–Kier alpha value is -2.71. The van der Waals surface area contributed by atoms with Crippen LogP contribution < -0.4 is 5.32 Å². The van der Waals surface area contributed by atoms with E-state index in [0.29, 0.717) is 0 Å². The Labute approximate surface area is 112 Å². The van der Waals surface area contributed by atoms with Gasteiger partial charge in [0.15, 0.2) is 5.82 Å². The topological polar surface area (TPSA) is 132 Å². The number of carbonyl (C=O) groups is 4. The molecule has 0 atom stereocenters. The minimum Gasteiger partial charge on any atom is -0.477 e. The van der Waals surface area contributed by atoms with E-state index in [2.05, 4.69) is 15.5 Å². The quantitative estimate of drug-likeness (QED) is 0.628. The third kappa shape index (κ3) is 2.99. The van der Waals surface area contributed by atoms with Crippen LogP contribution in [-0.2, 0) is 14.4 Å². The first-order valence-electron chi connectivity index (χ1n) is 5.89. The number of H-pyrrole nitrogens is 1. The number of rotatable bonds is 5. The highest BCUT2D eigenvalue weighted by Gasteiger charge is 2.28. The Balaban J connectivity index is 1.84. The number of carboxylic acids is 1. The van der Waals surface area contributed by atoms with Gasteiger partial charge in [-0.05, 0) is 0 Å². The van der Waals surface area contributed by atoms with Gasteiger partial charge in [0.2, 0.25) is 17.7 Å². The zero-order chi connectivity index (χ0) is 14.7. The van der Waals surface area contributed by atoms with Crippen molar-refractivity contribution in [2.24, 2.45) is 0 Å². The second-order valence-electron chi connectivity index (χ2n) is 4.21. The van der Waals surface area contributed by atoms with E-state index in [1.807, 2.05) is 0 Å². The van der Waals surface area contributed by atoms with Crippen molar-refractivity contribution in [1.29, 1.82) is 0 Å². The highest BCUT2D eigenvalue weighted by atomic mass is 16.4. The fourth-order valence-corrected chi connectivity index (χ4v) is 1.79. The molecule has 9 heteroatoms. The molecule has 2 heterocycles. The summed E-state index contributed by atoms with van der Waals surface area (Å²) in [5.74, 6) is -2.13. The molecule has 0 saturated carbocycles. The number of nitrogens with zero attached hydrogens (tertiary/aromatic N) is 2. The molecule has 106 valence electrons. The molecule has 1 fully saturated rings. The predicted molar refractivity (Wildman–Crippen MR) is 64.7 cm³/mol. The molecule has 20 heavy (non-hydrogen) atoms. The van der Waals surface area contributed by atoms with Crippen LogP contribution in [0.3, 0.4) is 0 Å². The van der Waals surface area contributed by atoms with Crippen molar-refractivity contribution >= 4 is 29.5 Å². The number of anilines is 1. The Morgan fingerprint density at radius 1 is 1.35 bits per heavy atom. The number of carboxylic acid groups (broad SMARTS) is 1. The van der Waals surface area contributed by atoms with Crippen LogP contribution in [0.25, 0.3) is 0 Å². The average Bonchev–Trinajstić information content (AvgIpc) is 2.96. The molecule has 0 radical (unpaired) electrons. The molecule has 0 aliphatic carbocycles. The van der Waals surface area contributed by atoms with Gasteiger partial charge in [0, 0.05) is 31.9 Å². The summed E-state index contributed by atoms with van der Waals surface area (Å²) in [7, 11) is 0. The minimum atomic E-state index is -1.19. The molecular weight excluding hydrogens is 268 g/mol. The molecular formula is C11H12N4O5. The summed E-state index contributed by atoms with van der Waals surface area (Å²) in [6.45, 7) is 0.0136. The summed E-state index contributed by atoms with van der Waals surface area (Å²) in [5.41, 5.74) is -0.148. The largest absolute Gasteiger partial charge is 0.477 e. The van der Waals surface area contributed by atoms with Crippen LogP contribution in [0.5, 0.6) is 0 Å². The maximum atomic E-state index is 11.6. The number of hydrogen-bond donors (Lipinski definition) is 3. The van der Waals surface area contributed by atoms with Gasteiger partial charge >= 0.3 is 5.97 Å². The number of aromatic nitrogens is 2. The third-order valence-electron chi connectivity index (χ3n) is 2.79. The highest BCUT2D eigenvalue weighted by molar-refractivity contribution is 6.02. The number of hydrogen-bond acceptors (Lipinski definition) is 5. The van der Waals surface area contributed by atoms with Gasteiger partial charge in [0.1, 0.15) is 5.69 Å². The van der Waals surface area contributed by atoms with Crippen LogP contribution in [0.4, 0.5) is 5.82 Å². The summed E-state index contributed by atoms with van der Waals surface area (Å²) >= 11 is 0.